The number of carbonyl (C=O) groups is 1. The first-order valence-electron chi connectivity index (χ1n) is 11.3. The fourth-order valence-corrected chi connectivity index (χ4v) is 3.07. The van der Waals surface area contributed by atoms with Crippen LogP contribution in [0.25, 0.3) is 0 Å². The van der Waals surface area contributed by atoms with Crippen molar-refractivity contribution in [3.05, 3.63) is 30.6 Å². The Morgan fingerprint density at radius 2 is 1.03 bits per heavy atom. The molecular weight excluding hydrogens is 405 g/mol. The van der Waals surface area contributed by atoms with E-state index >= 15 is 0 Å². The minimum Gasteiger partial charge on any atom is -0.550 e. The van der Waals surface area contributed by atoms with Crippen molar-refractivity contribution >= 4 is 29.2 Å². The van der Waals surface area contributed by atoms with Crippen molar-refractivity contribution in [2.24, 2.45) is 0 Å². The van der Waals surface area contributed by atoms with Crippen LogP contribution in [0.5, 0.6) is 0 Å². The summed E-state index contributed by atoms with van der Waals surface area (Å²) in [5, 5.41) is 9.08. The second-order valence-electron chi connectivity index (χ2n) is 7.30. The second kappa shape index (κ2) is 27.2. The van der Waals surface area contributed by atoms with Crippen molar-refractivity contribution in [2.75, 3.05) is 5.34 Å². The minimum absolute atomic E-state index is 0.194. The van der Waals surface area contributed by atoms with E-state index in [-0.39, 0.29) is 5.34 Å². The number of nitrogens with zero attached hydrogens (tertiary/aromatic N) is 1. The lowest BCUT2D eigenvalue weighted by Gasteiger charge is -2.02. The Hall–Kier alpha value is -0.800. The molecule has 1 rings (SSSR count). The summed E-state index contributed by atoms with van der Waals surface area (Å²) in [5.74, 6) is -1.08. The first-order chi connectivity index (χ1) is 14.1. The Balaban J connectivity index is 0. The van der Waals surface area contributed by atoms with Gasteiger partial charge in [-0.15, -0.1) is 23.2 Å². The monoisotopic (exact) mass is 447 g/mol. The number of rotatable bonds is 15. The van der Waals surface area contributed by atoms with Crippen LogP contribution in [-0.4, -0.2) is 11.3 Å². The molecule has 0 aliphatic rings. The number of hydrogen-bond donors (Lipinski definition) is 0. The van der Waals surface area contributed by atoms with Crippen LogP contribution < -0.4 is 9.67 Å². The molecule has 0 aromatic carbocycles. The fourth-order valence-electron chi connectivity index (χ4n) is 3.07. The highest BCUT2D eigenvalue weighted by Gasteiger charge is 1.98. The van der Waals surface area contributed by atoms with E-state index < -0.39 is 5.97 Å². The SMILES string of the molecule is CC(=O)[O-].CCCCCCCCCCCCCCCC[n+]1ccccc1.ClCCl. The zero-order valence-electron chi connectivity index (χ0n) is 18.7. The number of carboxylic acid groups (broad SMARTS) is 1. The van der Waals surface area contributed by atoms with Crippen molar-refractivity contribution in [2.45, 2.75) is 110 Å². The third-order valence-electron chi connectivity index (χ3n) is 4.55. The molecule has 3 nitrogen and oxygen atoms in total. The number of hydrogen-bond acceptors (Lipinski definition) is 2. The van der Waals surface area contributed by atoms with Crippen molar-refractivity contribution in [3.8, 4) is 0 Å². The molecule has 0 atom stereocenters. The number of aliphatic carboxylic acids is 1. The molecule has 170 valence electrons. The highest BCUT2D eigenvalue weighted by molar-refractivity contribution is 6.40. The summed E-state index contributed by atoms with van der Waals surface area (Å²) < 4.78 is 2.29. The van der Waals surface area contributed by atoms with Crippen molar-refractivity contribution < 1.29 is 14.5 Å². The van der Waals surface area contributed by atoms with Gasteiger partial charge in [-0.3, -0.25) is 0 Å². The third-order valence-corrected chi connectivity index (χ3v) is 4.55. The Labute approximate surface area is 189 Å². The van der Waals surface area contributed by atoms with Crippen molar-refractivity contribution in [1.82, 2.24) is 0 Å². The number of alkyl halides is 2. The molecule has 0 radical (unpaired) electrons. The Kier molecular flexibility index (Phi) is 28.5. The number of halogens is 2. The van der Waals surface area contributed by atoms with E-state index in [1.165, 1.54) is 96.4 Å². The lowest BCUT2D eigenvalue weighted by atomic mass is 10.0. The van der Waals surface area contributed by atoms with Gasteiger partial charge in [0.1, 0.15) is 6.54 Å². The zero-order valence-corrected chi connectivity index (χ0v) is 20.2. The summed E-state index contributed by atoms with van der Waals surface area (Å²) in [6.07, 6.45) is 24.4. The van der Waals surface area contributed by atoms with E-state index in [9.17, 15) is 0 Å². The van der Waals surface area contributed by atoms with E-state index in [2.05, 4.69) is 42.1 Å². The molecular formula is C24H43Cl2NO2. The van der Waals surface area contributed by atoms with Crippen LogP contribution >= 0.6 is 23.2 Å². The molecule has 0 bridgehead atoms. The molecule has 0 aliphatic carbocycles. The van der Waals surface area contributed by atoms with Gasteiger partial charge in [-0.1, -0.05) is 90.0 Å². The van der Waals surface area contributed by atoms with Crippen molar-refractivity contribution in [1.29, 1.82) is 0 Å². The maximum atomic E-state index is 8.89. The Morgan fingerprint density at radius 1 is 0.724 bits per heavy atom. The summed E-state index contributed by atoms with van der Waals surface area (Å²) in [7, 11) is 0. The molecule has 5 heteroatoms. The van der Waals surface area contributed by atoms with Crippen LogP contribution in [0.3, 0.4) is 0 Å². The summed E-state index contributed by atoms with van der Waals surface area (Å²) in [6, 6.07) is 6.31. The van der Waals surface area contributed by atoms with Gasteiger partial charge in [-0.05, 0) is 13.3 Å². The van der Waals surface area contributed by atoms with Gasteiger partial charge < -0.3 is 9.90 Å². The maximum absolute atomic E-state index is 8.89. The summed E-state index contributed by atoms with van der Waals surface area (Å²) in [6.45, 7) is 4.44. The van der Waals surface area contributed by atoms with Gasteiger partial charge in [0.05, 0.1) is 5.34 Å². The third kappa shape index (κ3) is 32.1. The van der Waals surface area contributed by atoms with E-state index in [0.29, 0.717) is 0 Å². The fraction of sp³-hybridized carbons (Fsp3) is 0.750. The van der Waals surface area contributed by atoms with Crippen molar-refractivity contribution in [3.63, 3.8) is 0 Å². The molecule has 1 heterocycles. The molecule has 0 aliphatic heterocycles. The summed E-state index contributed by atoms with van der Waals surface area (Å²) >= 11 is 9.53. The lowest BCUT2D eigenvalue weighted by molar-refractivity contribution is -0.697. The number of carboxylic acids is 1. The molecule has 0 N–H and O–H groups in total. The van der Waals surface area contributed by atoms with Crippen LogP contribution in [0, 0.1) is 0 Å². The van der Waals surface area contributed by atoms with Gasteiger partial charge in [0.25, 0.3) is 0 Å². The van der Waals surface area contributed by atoms with Gasteiger partial charge in [0.15, 0.2) is 12.4 Å². The number of pyridine rings is 1. The molecule has 0 saturated heterocycles. The lowest BCUT2D eigenvalue weighted by Crippen LogP contribution is -2.32. The first kappa shape index (κ1) is 30.4. The standard InChI is InChI=1S/C21H38N.C2H4O2.CH2Cl2/c1-2-3-4-5-6-7-8-9-10-11-12-13-14-16-19-22-20-17-15-18-21-22;1-2(3)4;2-1-3/h15,17-18,20-21H,2-14,16,19H2,1H3;1H3,(H,3,4);1H2/q+1;;/p-1. The van der Waals surface area contributed by atoms with Gasteiger partial charge >= 0.3 is 0 Å². The van der Waals surface area contributed by atoms with Crippen LogP contribution in [0.2, 0.25) is 0 Å². The van der Waals surface area contributed by atoms with Gasteiger partial charge in [-0.2, -0.15) is 0 Å². The largest absolute Gasteiger partial charge is 0.550 e. The maximum Gasteiger partial charge on any atom is 0.168 e. The van der Waals surface area contributed by atoms with E-state index in [0.717, 1.165) is 6.92 Å². The molecule has 0 saturated carbocycles. The molecule has 0 amide bonds. The topological polar surface area (TPSA) is 44.0 Å². The van der Waals surface area contributed by atoms with Crippen LogP contribution in [0.1, 0.15) is 104 Å². The summed E-state index contributed by atoms with van der Waals surface area (Å²) in [4.78, 5) is 8.89. The van der Waals surface area contributed by atoms with E-state index in [1.54, 1.807) is 0 Å². The van der Waals surface area contributed by atoms with E-state index in [4.69, 9.17) is 33.1 Å². The average molecular weight is 449 g/mol. The highest BCUT2D eigenvalue weighted by atomic mass is 35.5. The number of aryl methyl sites for hydroxylation is 1. The zero-order chi connectivity index (χ0) is 22.0. The number of aromatic nitrogens is 1. The second-order valence-corrected chi connectivity index (χ2v) is 8.11. The van der Waals surface area contributed by atoms with Gasteiger partial charge in [0, 0.05) is 24.5 Å². The molecule has 1 aromatic rings. The first-order valence-corrected chi connectivity index (χ1v) is 12.4. The van der Waals surface area contributed by atoms with E-state index in [1.807, 2.05) is 0 Å². The predicted molar refractivity (Wildman–Crippen MR) is 124 cm³/mol. The quantitative estimate of drug-likeness (QED) is 0.172. The predicted octanol–water partition coefficient (Wildman–Crippen LogP) is 6.63. The van der Waals surface area contributed by atoms with Crippen LogP contribution in [0.4, 0.5) is 0 Å². The number of carbonyl (C=O) groups excluding carboxylic acids is 1. The summed E-state index contributed by atoms with van der Waals surface area (Å²) in [5.41, 5.74) is 0. The molecule has 1 aromatic heterocycles. The Bertz CT molecular complexity index is 426. The molecule has 0 fully saturated rings. The average Bonchev–Trinajstić information content (AvgIpc) is 2.69. The van der Waals surface area contributed by atoms with Crippen LogP contribution in [-0.2, 0) is 11.3 Å². The number of unbranched alkanes of at least 4 members (excludes halogenated alkanes) is 13. The molecule has 0 spiro atoms. The molecule has 0 unspecified atom stereocenters. The van der Waals surface area contributed by atoms with Gasteiger partial charge in [-0.25, -0.2) is 4.57 Å². The Morgan fingerprint density at radius 3 is 1.38 bits per heavy atom. The normalized spacial score (nSPS) is 9.79. The molecule has 29 heavy (non-hydrogen) atoms. The van der Waals surface area contributed by atoms with Gasteiger partial charge in [0.2, 0.25) is 0 Å². The van der Waals surface area contributed by atoms with Crippen LogP contribution in [0.15, 0.2) is 30.6 Å². The highest BCUT2D eigenvalue weighted by Crippen LogP contribution is 2.12. The smallest absolute Gasteiger partial charge is 0.168 e. The minimum atomic E-state index is -1.08.